The fourth-order valence-electron chi connectivity index (χ4n) is 1.50. The standard InChI is InChI=1S/C14H15NO/c1-2-11-4-3-5-14(10-11)16-13-8-6-12(15)7-9-13/h3-10H,2,15H2,1H3. The molecule has 0 amide bonds. The topological polar surface area (TPSA) is 35.2 Å². The number of aryl methyl sites for hydroxylation is 1. The van der Waals surface area contributed by atoms with E-state index in [2.05, 4.69) is 19.1 Å². The van der Waals surface area contributed by atoms with Crippen LogP contribution in [0.2, 0.25) is 0 Å². The Labute approximate surface area is 95.7 Å². The van der Waals surface area contributed by atoms with Gasteiger partial charge >= 0.3 is 0 Å². The summed E-state index contributed by atoms with van der Waals surface area (Å²) in [6.45, 7) is 2.13. The van der Waals surface area contributed by atoms with Crippen molar-refractivity contribution in [1.82, 2.24) is 0 Å². The quantitative estimate of drug-likeness (QED) is 0.790. The van der Waals surface area contributed by atoms with Crippen LogP contribution < -0.4 is 10.5 Å². The molecular formula is C14H15NO. The number of benzene rings is 2. The first kappa shape index (κ1) is 10.6. The van der Waals surface area contributed by atoms with Gasteiger partial charge in [-0.25, -0.2) is 0 Å². The predicted octanol–water partition coefficient (Wildman–Crippen LogP) is 3.62. The zero-order valence-electron chi connectivity index (χ0n) is 9.31. The van der Waals surface area contributed by atoms with Crippen molar-refractivity contribution < 1.29 is 4.74 Å². The molecule has 0 fully saturated rings. The molecule has 0 aliphatic carbocycles. The zero-order chi connectivity index (χ0) is 11.4. The zero-order valence-corrected chi connectivity index (χ0v) is 9.31. The molecule has 2 heteroatoms. The smallest absolute Gasteiger partial charge is 0.127 e. The summed E-state index contributed by atoms with van der Waals surface area (Å²) in [5.41, 5.74) is 7.63. The minimum absolute atomic E-state index is 0.745. The maximum atomic E-state index is 5.72. The average molecular weight is 213 g/mol. The summed E-state index contributed by atoms with van der Waals surface area (Å²) in [5.74, 6) is 1.67. The van der Waals surface area contributed by atoms with E-state index in [0.717, 1.165) is 23.6 Å². The fourth-order valence-corrected chi connectivity index (χ4v) is 1.50. The van der Waals surface area contributed by atoms with Crippen LogP contribution in [0.1, 0.15) is 12.5 Å². The summed E-state index contributed by atoms with van der Waals surface area (Å²) in [5, 5.41) is 0. The lowest BCUT2D eigenvalue weighted by Gasteiger charge is -2.07. The summed E-state index contributed by atoms with van der Waals surface area (Å²) < 4.78 is 5.72. The van der Waals surface area contributed by atoms with Gasteiger partial charge in [-0.1, -0.05) is 19.1 Å². The van der Waals surface area contributed by atoms with Gasteiger partial charge in [-0.15, -0.1) is 0 Å². The molecule has 0 heterocycles. The highest BCUT2D eigenvalue weighted by atomic mass is 16.5. The van der Waals surface area contributed by atoms with Crippen LogP contribution in [0.5, 0.6) is 11.5 Å². The minimum Gasteiger partial charge on any atom is -0.457 e. The van der Waals surface area contributed by atoms with Crippen LogP contribution in [0.15, 0.2) is 48.5 Å². The number of nitrogen functional groups attached to an aromatic ring is 1. The van der Waals surface area contributed by atoms with Crippen molar-refractivity contribution in [3.63, 3.8) is 0 Å². The first-order chi connectivity index (χ1) is 7.78. The van der Waals surface area contributed by atoms with Gasteiger partial charge in [0.25, 0.3) is 0 Å². The lowest BCUT2D eigenvalue weighted by Crippen LogP contribution is -1.87. The summed E-state index contributed by atoms with van der Waals surface area (Å²) in [6, 6.07) is 15.5. The van der Waals surface area contributed by atoms with Crippen LogP contribution in [0, 0.1) is 0 Å². The molecule has 0 aliphatic rings. The van der Waals surface area contributed by atoms with Gasteiger partial charge in [0.1, 0.15) is 11.5 Å². The molecule has 0 saturated heterocycles. The largest absolute Gasteiger partial charge is 0.457 e. The highest BCUT2D eigenvalue weighted by Crippen LogP contribution is 2.23. The molecule has 82 valence electrons. The third-order valence-corrected chi connectivity index (χ3v) is 2.42. The van der Waals surface area contributed by atoms with E-state index in [1.165, 1.54) is 5.56 Å². The van der Waals surface area contributed by atoms with Crippen LogP contribution in [0.25, 0.3) is 0 Å². The van der Waals surface area contributed by atoms with Crippen molar-refractivity contribution in [2.24, 2.45) is 0 Å². The number of hydrogen-bond donors (Lipinski definition) is 1. The molecule has 2 aromatic rings. The van der Waals surface area contributed by atoms with Gasteiger partial charge < -0.3 is 10.5 Å². The fraction of sp³-hybridized carbons (Fsp3) is 0.143. The molecule has 0 radical (unpaired) electrons. The molecule has 2 aromatic carbocycles. The minimum atomic E-state index is 0.745. The van der Waals surface area contributed by atoms with Gasteiger partial charge in [0.15, 0.2) is 0 Å². The number of nitrogens with two attached hydrogens (primary N) is 1. The van der Waals surface area contributed by atoms with Crippen molar-refractivity contribution >= 4 is 5.69 Å². The summed E-state index contributed by atoms with van der Waals surface area (Å²) in [6.07, 6.45) is 1.01. The second-order valence-corrected chi connectivity index (χ2v) is 3.67. The number of ether oxygens (including phenoxy) is 1. The van der Waals surface area contributed by atoms with Crippen molar-refractivity contribution in [3.05, 3.63) is 54.1 Å². The van der Waals surface area contributed by atoms with Crippen molar-refractivity contribution in [3.8, 4) is 11.5 Å². The van der Waals surface area contributed by atoms with Crippen molar-refractivity contribution in [2.75, 3.05) is 5.73 Å². The monoisotopic (exact) mass is 213 g/mol. The Hall–Kier alpha value is -1.96. The van der Waals surface area contributed by atoms with Crippen LogP contribution in [-0.4, -0.2) is 0 Å². The van der Waals surface area contributed by atoms with Crippen LogP contribution >= 0.6 is 0 Å². The van der Waals surface area contributed by atoms with E-state index in [1.54, 1.807) is 0 Å². The van der Waals surface area contributed by atoms with Gasteiger partial charge in [-0.3, -0.25) is 0 Å². The maximum Gasteiger partial charge on any atom is 0.127 e. The van der Waals surface area contributed by atoms with Crippen molar-refractivity contribution in [2.45, 2.75) is 13.3 Å². The van der Waals surface area contributed by atoms with Crippen LogP contribution in [-0.2, 0) is 6.42 Å². The summed E-state index contributed by atoms with van der Waals surface area (Å²) in [4.78, 5) is 0. The van der Waals surface area contributed by atoms with Gasteiger partial charge in [0.05, 0.1) is 0 Å². The molecule has 0 atom stereocenters. The average Bonchev–Trinajstić information content (AvgIpc) is 2.32. The molecule has 0 aromatic heterocycles. The molecular weight excluding hydrogens is 198 g/mol. The van der Waals surface area contributed by atoms with E-state index in [9.17, 15) is 0 Å². The second-order valence-electron chi connectivity index (χ2n) is 3.67. The third kappa shape index (κ3) is 2.54. The van der Waals surface area contributed by atoms with E-state index in [0.29, 0.717) is 0 Å². The van der Waals surface area contributed by atoms with E-state index in [4.69, 9.17) is 10.5 Å². The Balaban J connectivity index is 2.16. The number of anilines is 1. The summed E-state index contributed by atoms with van der Waals surface area (Å²) >= 11 is 0. The lowest BCUT2D eigenvalue weighted by atomic mass is 10.2. The first-order valence-corrected chi connectivity index (χ1v) is 5.40. The molecule has 2 rings (SSSR count). The Bertz CT molecular complexity index is 462. The first-order valence-electron chi connectivity index (χ1n) is 5.40. The second kappa shape index (κ2) is 4.71. The van der Waals surface area contributed by atoms with Gasteiger partial charge in [-0.2, -0.15) is 0 Å². The van der Waals surface area contributed by atoms with E-state index in [1.807, 2.05) is 36.4 Å². The van der Waals surface area contributed by atoms with Gasteiger partial charge in [0, 0.05) is 5.69 Å². The third-order valence-electron chi connectivity index (χ3n) is 2.42. The molecule has 0 bridgehead atoms. The van der Waals surface area contributed by atoms with Crippen LogP contribution in [0.4, 0.5) is 5.69 Å². The molecule has 2 nitrogen and oxygen atoms in total. The molecule has 0 saturated carbocycles. The predicted molar refractivity (Wildman–Crippen MR) is 66.7 cm³/mol. The normalized spacial score (nSPS) is 10.1. The molecule has 0 spiro atoms. The Morgan fingerprint density at radius 1 is 1.00 bits per heavy atom. The van der Waals surface area contributed by atoms with Gasteiger partial charge in [-0.05, 0) is 48.4 Å². The Kier molecular flexibility index (Phi) is 3.10. The van der Waals surface area contributed by atoms with E-state index < -0.39 is 0 Å². The maximum absolute atomic E-state index is 5.72. The lowest BCUT2D eigenvalue weighted by molar-refractivity contribution is 0.482. The van der Waals surface area contributed by atoms with Crippen LogP contribution in [0.3, 0.4) is 0 Å². The van der Waals surface area contributed by atoms with E-state index >= 15 is 0 Å². The van der Waals surface area contributed by atoms with Gasteiger partial charge in [0.2, 0.25) is 0 Å². The molecule has 2 N–H and O–H groups in total. The molecule has 16 heavy (non-hydrogen) atoms. The Morgan fingerprint density at radius 3 is 2.44 bits per heavy atom. The SMILES string of the molecule is CCc1cccc(Oc2ccc(N)cc2)c1. The molecule has 0 aliphatic heterocycles. The molecule has 0 unspecified atom stereocenters. The highest BCUT2D eigenvalue weighted by molar-refractivity contribution is 5.43. The summed E-state index contributed by atoms with van der Waals surface area (Å²) in [7, 11) is 0. The number of rotatable bonds is 3. The van der Waals surface area contributed by atoms with Crippen molar-refractivity contribution in [1.29, 1.82) is 0 Å². The van der Waals surface area contributed by atoms with E-state index in [-0.39, 0.29) is 0 Å². The number of hydrogen-bond acceptors (Lipinski definition) is 2. The highest BCUT2D eigenvalue weighted by Gasteiger charge is 1.97. The Morgan fingerprint density at radius 2 is 1.75 bits per heavy atom.